The lowest BCUT2D eigenvalue weighted by Crippen LogP contribution is -2.49. The van der Waals surface area contributed by atoms with E-state index in [1.54, 1.807) is 6.07 Å². The van der Waals surface area contributed by atoms with Gasteiger partial charge in [-0.25, -0.2) is 8.78 Å². The molecular weight excluding hydrogens is 515 g/mol. The fourth-order valence-electron chi connectivity index (χ4n) is 5.92. The predicted octanol–water partition coefficient (Wildman–Crippen LogP) is 6.86. The third-order valence-electron chi connectivity index (χ3n) is 7.52. The topological polar surface area (TPSA) is 64.9 Å². The van der Waals surface area contributed by atoms with Gasteiger partial charge in [-0.05, 0) is 67.7 Å². The van der Waals surface area contributed by atoms with Crippen LogP contribution < -0.4 is 10.6 Å². The van der Waals surface area contributed by atoms with E-state index >= 15 is 8.78 Å². The van der Waals surface area contributed by atoms with Crippen LogP contribution in [-0.2, 0) is 10.2 Å². The molecule has 2 aromatic carbocycles. The Morgan fingerprint density at radius 1 is 1.19 bits per heavy atom. The number of nitriles is 1. The normalized spacial score (nSPS) is 26.6. The van der Waals surface area contributed by atoms with Crippen LogP contribution in [0, 0.1) is 34.8 Å². The average molecular weight is 547 g/mol. The minimum atomic E-state index is -1.62. The van der Waals surface area contributed by atoms with Crippen LogP contribution in [0.4, 0.5) is 8.78 Å². The second-order valence-electron chi connectivity index (χ2n) is 11.3. The Balaban J connectivity index is 1.93. The van der Waals surface area contributed by atoms with Gasteiger partial charge in [-0.2, -0.15) is 5.26 Å². The molecule has 1 amide bonds. The average Bonchev–Trinajstić information content (AvgIpc) is 3.14. The van der Waals surface area contributed by atoms with Crippen molar-refractivity contribution in [1.29, 1.82) is 5.26 Å². The Kier molecular flexibility index (Phi) is 8.19. The predicted molar refractivity (Wildman–Crippen MR) is 142 cm³/mol. The molecule has 0 bridgehead atoms. The van der Waals surface area contributed by atoms with Gasteiger partial charge < -0.3 is 10.6 Å². The summed E-state index contributed by atoms with van der Waals surface area (Å²) in [5.41, 5.74) is -1.72. The number of carbonyl (C=O) groups is 1. The van der Waals surface area contributed by atoms with Crippen molar-refractivity contribution in [2.75, 3.05) is 0 Å². The lowest BCUT2D eigenvalue weighted by Gasteiger charge is -2.37. The SMILES string of the molecule is CC(C)(C)C[C@@H]1N[C@@H](C(=O)NC2CC[CH]CC2)[C@H](c2cccc(Cl)c2F)[C@@]1(C#N)c1ccc(Cl)cc1F. The first-order chi connectivity index (χ1) is 17.5. The monoisotopic (exact) mass is 546 g/mol. The second kappa shape index (κ2) is 10.9. The van der Waals surface area contributed by atoms with E-state index in [9.17, 15) is 10.1 Å². The molecule has 197 valence electrons. The maximum absolute atomic E-state index is 15.7. The summed E-state index contributed by atoms with van der Waals surface area (Å²) in [6.07, 6.45) is 6.07. The number of halogens is 4. The molecular formula is C29H32Cl2F2N3O. The summed E-state index contributed by atoms with van der Waals surface area (Å²) >= 11 is 12.2. The van der Waals surface area contributed by atoms with Gasteiger partial charge in [-0.1, -0.05) is 62.2 Å². The third-order valence-corrected chi connectivity index (χ3v) is 8.04. The molecule has 2 fully saturated rings. The number of nitrogens with zero attached hydrogens (tertiary/aromatic N) is 1. The molecule has 4 nitrogen and oxygen atoms in total. The van der Waals surface area contributed by atoms with E-state index in [2.05, 4.69) is 23.1 Å². The minimum absolute atomic E-state index is 0.0189. The van der Waals surface area contributed by atoms with Gasteiger partial charge in [0, 0.05) is 28.6 Å². The number of hydrogen-bond acceptors (Lipinski definition) is 3. The highest BCUT2D eigenvalue weighted by molar-refractivity contribution is 6.31. The molecule has 0 unspecified atom stereocenters. The third kappa shape index (κ3) is 5.50. The van der Waals surface area contributed by atoms with Crippen molar-refractivity contribution in [3.63, 3.8) is 0 Å². The summed E-state index contributed by atoms with van der Waals surface area (Å²) in [5, 5.41) is 17.4. The van der Waals surface area contributed by atoms with Crippen LogP contribution in [0.2, 0.25) is 10.0 Å². The lowest BCUT2D eigenvalue weighted by atomic mass is 9.62. The zero-order valence-electron chi connectivity index (χ0n) is 21.3. The second-order valence-corrected chi connectivity index (χ2v) is 12.2. The van der Waals surface area contributed by atoms with Crippen LogP contribution in [0.5, 0.6) is 0 Å². The van der Waals surface area contributed by atoms with Crippen molar-refractivity contribution in [2.45, 2.75) is 82.3 Å². The first kappa shape index (κ1) is 27.8. The number of carbonyl (C=O) groups excluding carboxylic acids is 1. The van der Waals surface area contributed by atoms with Gasteiger partial charge in [-0.3, -0.25) is 4.79 Å². The molecule has 1 heterocycles. The van der Waals surface area contributed by atoms with E-state index in [1.807, 2.05) is 20.8 Å². The van der Waals surface area contributed by atoms with Crippen molar-refractivity contribution in [3.8, 4) is 6.07 Å². The van der Waals surface area contributed by atoms with Crippen molar-refractivity contribution in [1.82, 2.24) is 10.6 Å². The van der Waals surface area contributed by atoms with E-state index in [1.165, 1.54) is 24.3 Å². The van der Waals surface area contributed by atoms with Crippen molar-refractivity contribution in [2.24, 2.45) is 5.41 Å². The standard InChI is InChI=1S/C29H32Cl2F2N3O/c1-28(2,3)15-23-29(16-34,20-13-12-17(30)14-22(20)32)24(19-10-7-11-21(31)25(19)33)26(36-23)27(37)35-18-8-5-4-6-9-18/h4,7,10-14,18,23-24,26,36H,5-6,8-9,15H2,1-3H3,(H,35,37)/t23-,24-,26+,29-/m0/s1. The zero-order valence-corrected chi connectivity index (χ0v) is 22.8. The lowest BCUT2D eigenvalue weighted by molar-refractivity contribution is -0.124. The number of amides is 1. The van der Waals surface area contributed by atoms with Crippen molar-refractivity contribution < 1.29 is 13.6 Å². The minimum Gasteiger partial charge on any atom is -0.352 e. The first-order valence-electron chi connectivity index (χ1n) is 12.7. The van der Waals surface area contributed by atoms with E-state index in [-0.39, 0.29) is 38.5 Å². The fraction of sp³-hybridized carbons (Fsp3) is 0.483. The molecule has 1 radical (unpaired) electrons. The molecule has 37 heavy (non-hydrogen) atoms. The smallest absolute Gasteiger partial charge is 0.238 e. The molecule has 2 aromatic rings. The molecule has 1 aliphatic carbocycles. The molecule has 4 atom stereocenters. The molecule has 2 aliphatic rings. The quantitative estimate of drug-likeness (QED) is 0.430. The van der Waals surface area contributed by atoms with Crippen LogP contribution in [-0.4, -0.2) is 24.0 Å². The van der Waals surface area contributed by atoms with Gasteiger partial charge in [0.2, 0.25) is 5.91 Å². The van der Waals surface area contributed by atoms with Crippen molar-refractivity contribution >= 4 is 29.1 Å². The Hall–Kier alpha value is -2.20. The van der Waals surface area contributed by atoms with E-state index < -0.39 is 35.1 Å². The van der Waals surface area contributed by atoms with E-state index in [0.717, 1.165) is 31.7 Å². The van der Waals surface area contributed by atoms with Crippen LogP contribution in [0.3, 0.4) is 0 Å². The Labute approximate surface area is 227 Å². The summed E-state index contributed by atoms with van der Waals surface area (Å²) < 4.78 is 31.3. The highest BCUT2D eigenvalue weighted by Gasteiger charge is 2.61. The summed E-state index contributed by atoms with van der Waals surface area (Å²) in [6.45, 7) is 6.03. The van der Waals surface area contributed by atoms with Gasteiger partial charge in [-0.15, -0.1) is 0 Å². The Morgan fingerprint density at radius 3 is 2.51 bits per heavy atom. The van der Waals surface area contributed by atoms with Gasteiger partial charge in [0.25, 0.3) is 0 Å². The maximum atomic E-state index is 15.7. The van der Waals surface area contributed by atoms with E-state index in [4.69, 9.17) is 23.2 Å². The molecule has 0 spiro atoms. The van der Waals surface area contributed by atoms with Gasteiger partial charge in [0.1, 0.15) is 17.0 Å². The van der Waals surface area contributed by atoms with E-state index in [0.29, 0.717) is 6.42 Å². The number of nitrogens with one attached hydrogen (secondary N) is 2. The Morgan fingerprint density at radius 2 is 1.89 bits per heavy atom. The van der Waals surface area contributed by atoms with Crippen molar-refractivity contribution in [3.05, 3.63) is 75.6 Å². The van der Waals surface area contributed by atoms with Crippen LogP contribution in [0.15, 0.2) is 36.4 Å². The summed E-state index contributed by atoms with van der Waals surface area (Å²) in [7, 11) is 0. The molecule has 1 saturated carbocycles. The first-order valence-corrected chi connectivity index (χ1v) is 13.4. The zero-order chi connectivity index (χ0) is 27.0. The molecule has 4 rings (SSSR count). The van der Waals surface area contributed by atoms with Crippen LogP contribution in [0.1, 0.15) is 69.9 Å². The maximum Gasteiger partial charge on any atom is 0.238 e. The Bertz CT molecular complexity index is 1200. The molecule has 0 aromatic heterocycles. The van der Waals surface area contributed by atoms with Gasteiger partial charge in [0.05, 0.1) is 17.1 Å². The fourth-order valence-corrected chi connectivity index (χ4v) is 6.26. The highest BCUT2D eigenvalue weighted by Crippen LogP contribution is 2.52. The summed E-state index contributed by atoms with van der Waals surface area (Å²) in [6, 6.07) is 9.39. The molecule has 2 N–H and O–H groups in total. The highest BCUT2D eigenvalue weighted by atomic mass is 35.5. The van der Waals surface area contributed by atoms with Crippen LogP contribution in [0.25, 0.3) is 0 Å². The van der Waals surface area contributed by atoms with Gasteiger partial charge in [0.15, 0.2) is 0 Å². The number of hydrogen-bond donors (Lipinski definition) is 2. The van der Waals surface area contributed by atoms with Gasteiger partial charge >= 0.3 is 0 Å². The number of benzene rings is 2. The largest absolute Gasteiger partial charge is 0.352 e. The molecule has 1 saturated heterocycles. The molecule has 8 heteroatoms. The molecule has 1 aliphatic heterocycles. The summed E-state index contributed by atoms with van der Waals surface area (Å²) in [5.74, 6) is -2.77. The van der Waals surface area contributed by atoms with Crippen LogP contribution >= 0.6 is 23.2 Å². The summed E-state index contributed by atoms with van der Waals surface area (Å²) in [4.78, 5) is 13.8. The number of rotatable bonds is 5.